The second-order valence-corrected chi connectivity index (χ2v) is 7.12. The Labute approximate surface area is 146 Å². The van der Waals surface area contributed by atoms with Gasteiger partial charge in [-0.1, -0.05) is 65.6 Å². The van der Waals surface area contributed by atoms with Gasteiger partial charge in [0.05, 0.1) is 5.69 Å². The number of hydrogen-bond donors (Lipinski definition) is 2. The quantitative estimate of drug-likeness (QED) is 0.655. The largest absolute Gasteiger partial charge is 0.368 e. The molecule has 0 radical (unpaired) electrons. The van der Waals surface area contributed by atoms with Gasteiger partial charge in [-0.3, -0.25) is 4.79 Å². The molecule has 0 saturated carbocycles. The van der Waals surface area contributed by atoms with Crippen LogP contribution in [0.25, 0.3) is 0 Å². The second-order valence-electron chi connectivity index (χ2n) is 4.79. The standard InChI is InChI=1S/C16H13FN4OS2/c17-11-8-4-5-9-12(11)19-15-20-21-16(24-15)23-13(14(18)22)10-6-2-1-3-7-10/h1-9,13H,(H2,18,22)(H,19,20)/t13-/m0/s1. The molecule has 1 atom stereocenters. The molecule has 0 spiro atoms. The highest BCUT2D eigenvalue weighted by Crippen LogP contribution is 2.38. The minimum absolute atomic E-state index is 0.319. The summed E-state index contributed by atoms with van der Waals surface area (Å²) in [5, 5.41) is 10.8. The molecule has 0 bridgehead atoms. The molecule has 1 amide bonds. The van der Waals surface area contributed by atoms with Gasteiger partial charge in [-0.15, -0.1) is 10.2 Å². The molecule has 122 valence electrons. The predicted octanol–water partition coefficient (Wildman–Crippen LogP) is 3.74. The van der Waals surface area contributed by atoms with Crippen LogP contribution in [0.4, 0.5) is 15.2 Å². The molecule has 0 saturated heterocycles. The number of benzene rings is 2. The Morgan fingerprint density at radius 3 is 2.54 bits per heavy atom. The van der Waals surface area contributed by atoms with Gasteiger partial charge in [-0.05, 0) is 17.7 Å². The second kappa shape index (κ2) is 7.41. The first-order chi connectivity index (χ1) is 11.6. The Balaban J connectivity index is 1.75. The summed E-state index contributed by atoms with van der Waals surface area (Å²) >= 11 is 2.45. The molecule has 0 aliphatic carbocycles. The van der Waals surface area contributed by atoms with Gasteiger partial charge >= 0.3 is 0 Å². The van der Waals surface area contributed by atoms with Crippen LogP contribution in [0, 0.1) is 5.82 Å². The number of hydrogen-bond acceptors (Lipinski definition) is 6. The summed E-state index contributed by atoms with van der Waals surface area (Å²) in [7, 11) is 0. The van der Waals surface area contributed by atoms with Crippen LogP contribution >= 0.6 is 23.1 Å². The van der Waals surface area contributed by atoms with Crippen molar-refractivity contribution in [2.75, 3.05) is 5.32 Å². The summed E-state index contributed by atoms with van der Waals surface area (Å²) in [4.78, 5) is 11.7. The molecule has 0 unspecified atom stereocenters. The molecule has 8 heteroatoms. The van der Waals surface area contributed by atoms with Crippen LogP contribution in [-0.4, -0.2) is 16.1 Å². The fraction of sp³-hybridized carbons (Fsp3) is 0.0625. The molecule has 3 rings (SSSR count). The van der Waals surface area contributed by atoms with Crippen molar-refractivity contribution in [2.24, 2.45) is 5.73 Å². The SMILES string of the molecule is NC(=O)[C@@H](Sc1nnc(Nc2ccccc2F)s1)c1ccccc1. The van der Waals surface area contributed by atoms with E-state index < -0.39 is 11.2 Å². The molecule has 2 aromatic carbocycles. The molecule has 0 aliphatic heterocycles. The number of para-hydroxylation sites is 1. The maximum Gasteiger partial charge on any atom is 0.235 e. The molecule has 0 fully saturated rings. The number of carbonyl (C=O) groups excluding carboxylic acids is 1. The molecular weight excluding hydrogens is 347 g/mol. The average molecular weight is 360 g/mol. The zero-order chi connectivity index (χ0) is 16.9. The third-order valence-electron chi connectivity index (χ3n) is 3.10. The smallest absolute Gasteiger partial charge is 0.235 e. The van der Waals surface area contributed by atoms with Gasteiger partial charge in [0.2, 0.25) is 11.0 Å². The van der Waals surface area contributed by atoms with Crippen molar-refractivity contribution < 1.29 is 9.18 Å². The van der Waals surface area contributed by atoms with Crippen LogP contribution in [0.5, 0.6) is 0 Å². The van der Waals surface area contributed by atoms with Crippen molar-refractivity contribution in [3.8, 4) is 0 Å². The lowest BCUT2D eigenvalue weighted by molar-refractivity contribution is -0.117. The van der Waals surface area contributed by atoms with Crippen LogP contribution in [0.3, 0.4) is 0 Å². The van der Waals surface area contributed by atoms with E-state index in [0.29, 0.717) is 15.2 Å². The highest BCUT2D eigenvalue weighted by Gasteiger charge is 2.21. The number of primary amides is 1. The third kappa shape index (κ3) is 3.90. The van der Waals surface area contributed by atoms with Crippen LogP contribution in [0.15, 0.2) is 58.9 Å². The molecule has 3 N–H and O–H groups in total. The number of nitrogens with zero attached hydrogens (tertiary/aromatic N) is 2. The van der Waals surface area contributed by atoms with Gasteiger partial charge in [0, 0.05) is 0 Å². The number of thioether (sulfide) groups is 1. The molecule has 0 aliphatic rings. The topological polar surface area (TPSA) is 80.9 Å². The van der Waals surface area contributed by atoms with Crippen molar-refractivity contribution in [2.45, 2.75) is 9.59 Å². The van der Waals surface area contributed by atoms with Gasteiger partial charge < -0.3 is 11.1 Å². The maximum atomic E-state index is 13.6. The van der Waals surface area contributed by atoms with E-state index in [-0.39, 0.29) is 5.82 Å². The summed E-state index contributed by atoms with van der Waals surface area (Å²) in [6.07, 6.45) is 0. The fourth-order valence-corrected chi connectivity index (χ4v) is 3.91. The van der Waals surface area contributed by atoms with E-state index in [1.165, 1.54) is 29.2 Å². The number of halogens is 1. The summed E-state index contributed by atoms with van der Waals surface area (Å²) in [5.41, 5.74) is 6.62. The van der Waals surface area contributed by atoms with Crippen molar-refractivity contribution >= 4 is 39.8 Å². The Morgan fingerprint density at radius 2 is 1.83 bits per heavy atom. The van der Waals surface area contributed by atoms with Crippen molar-refractivity contribution in [3.63, 3.8) is 0 Å². The zero-order valence-electron chi connectivity index (χ0n) is 12.3. The van der Waals surface area contributed by atoms with Crippen LogP contribution in [0.1, 0.15) is 10.8 Å². The number of aromatic nitrogens is 2. The Bertz CT molecular complexity index is 841. The predicted molar refractivity (Wildman–Crippen MR) is 93.8 cm³/mol. The highest BCUT2D eigenvalue weighted by molar-refractivity contribution is 8.01. The van der Waals surface area contributed by atoms with Gasteiger partial charge in [-0.2, -0.15) is 0 Å². The Hall–Kier alpha value is -2.45. The zero-order valence-corrected chi connectivity index (χ0v) is 14.0. The summed E-state index contributed by atoms with van der Waals surface area (Å²) in [6, 6.07) is 15.5. The Kier molecular flexibility index (Phi) is 5.07. The van der Waals surface area contributed by atoms with Gasteiger partial charge in [0.25, 0.3) is 0 Å². The maximum absolute atomic E-state index is 13.6. The van der Waals surface area contributed by atoms with E-state index in [9.17, 15) is 9.18 Å². The number of rotatable bonds is 6. The van der Waals surface area contributed by atoms with E-state index in [1.54, 1.807) is 18.2 Å². The molecule has 24 heavy (non-hydrogen) atoms. The minimum atomic E-state index is -0.555. The first-order valence-electron chi connectivity index (χ1n) is 6.99. The van der Waals surface area contributed by atoms with Crippen LogP contribution in [0.2, 0.25) is 0 Å². The van der Waals surface area contributed by atoms with Gasteiger partial charge in [-0.25, -0.2) is 4.39 Å². The lowest BCUT2D eigenvalue weighted by Crippen LogP contribution is -2.18. The molecule has 5 nitrogen and oxygen atoms in total. The number of anilines is 2. The lowest BCUT2D eigenvalue weighted by atomic mass is 10.1. The molecular formula is C16H13FN4OS2. The number of amides is 1. The molecule has 1 aromatic heterocycles. The summed E-state index contributed by atoms with van der Waals surface area (Å²) in [5.74, 6) is -0.828. The van der Waals surface area contributed by atoms with Crippen LogP contribution in [-0.2, 0) is 4.79 Å². The summed E-state index contributed by atoms with van der Waals surface area (Å²) < 4.78 is 14.2. The molecule has 1 heterocycles. The van der Waals surface area contributed by atoms with Crippen molar-refractivity contribution in [1.82, 2.24) is 10.2 Å². The third-order valence-corrected chi connectivity index (χ3v) is 5.30. The number of nitrogens with two attached hydrogens (primary N) is 1. The molecule has 3 aromatic rings. The normalized spacial score (nSPS) is 11.9. The monoisotopic (exact) mass is 360 g/mol. The number of nitrogens with one attached hydrogen (secondary N) is 1. The summed E-state index contributed by atoms with van der Waals surface area (Å²) in [6.45, 7) is 0. The van der Waals surface area contributed by atoms with Gasteiger partial charge in [0.15, 0.2) is 4.34 Å². The van der Waals surface area contributed by atoms with E-state index in [2.05, 4.69) is 15.5 Å². The minimum Gasteiger partial charge on any atom is -0.368 e. The van der Waals surface area contributed by atoms with Gasteiger partial charge in [0.1, 0.15) is 11.1 Å². The average Bonchev–Trinajstić information content (AvgIpc) is 3.02. The van der Waals surface area contributed by atoms with Crippen molar-refractivity contribution in [1.29, 1.82) is 0 Å². The number of carbonyl (C=O) groups is 1. The first kappa shape index (κ1) is 16.4. The lowest BCUT2D eigenvalue weighted by Gasteiger charge is -2.10. The van der Waals surface area contributed by atoms with Crippen molar-refractivity contribution in [3.05, 3.63) is 66.0 Å². The first-order valence-corrected chi connectivity index (χ1v) is 8.69. The van der Waals surface area contributed by atoms with E-state index >= 15 is 0 Å². The van der Waals surface area contributed by atoms with E-state index in [4.69, 9.17) is 5.73 Å². The van der Waals surface area contributed by atoms with Crippen LogP contribution < -0.4 is 11.1 Å². The Morgan fingerprint density at radius 1 is 1.12 bits per heavy atom. The highest BCUT2D eigenvalue weighted by atomic mass is 32.2. The van der Waals surface area contributed by atoms with E-state index in [0.717, 1.165) is 5.56 Å². The van der Waals surface area contributed by atoms with E-state index in [1.807, 2.05) is 30.3 Å². The fourth-order valence-electron chi connectivity index (χ4n) is 2.00.